The number of fused-ring (bicyclic) bond motifs is 1. The van der Waals surface area contributed by atoms with Crippen LogP contribution in [0.15, 0.2) is 24.3 Å². The van der Waals surface area contributed by atoms with Crippen LogP contribution in [0.2, 0.25) is 0 Å². The maximum Gasteiger partial charge on any atom is 0.0592 e. The number of para-hydroxylation sites is 1. The van der Waals surface area contributed by atoms with Gasteiger partial charge < -0.3 is 15.4 Å². The number of rotatable bonds is 3. The van der Waals surface area contributed by atoms with Gasteiger partial charge in [0.2, 0.25) is 0 Å². The summed E-state index contributed by atoms with van der Waals surface area (Å²) in [5.41, 5.74) is 8.92. The van der Waals surface area contributed by atoms with E-state index in [0.717, 1.165) is 32.5 Å². The average molecular weight is 246 g/mol. The molecule has 0 bridgehead atoms. The summed E-state index contributed by atoms with van der Waals surface area (Å²) in [6, 6.07) is 8.91. The highest BCUT2D eigenvalue weighted by atomic mass is 16.5. The zero-order valence-corrected chi connectivity index (χ0v) is 10.8. The summed E-state index contributed by atoms with van der Waals surface area (Å²) in [6.07, 6.45) is 5.05. The minimum atomic E-state index is 0.268. The normalized spacial score (nSPS) is 27.3. The Labute approximate surface area is 109 Å². The van der Waals surface area contributed by atoms with Crippen LogP contribution >= 0.6 is 0 Å². The zero-order valence-electron chi connectivity index (χ0n) is 10.8. The second-order valence-electron chi connectivity index (χ2n) is 5.46. The molecule has 2 N–H and O–H groups in total. The zero-order chi connectivity index (χ0) is 12.4. The van der Waals surface area contributed by atoms with Gasteiger partial charge in [0.15, 0.2) is 0 Å². The van der Waals surface area contributed by atoms with E-state index < -0.39 is 0 Å². The van der Waals surface area contributed by atoms with E-state index in [4.69, 9.17) is 10.5 Å². The van der Waals surface area contributed by atoms with Crippen LogP contribution in [0.25, 0.3) is 0 Å². The topological polar surface area (TPSA) is 38.5 Å². The molecule has 0 spiro atoms. The molecular formula is C15H22N2O. The van der Waals surface area contributed by atoms with Crippen LogP contribution < -0.4 is 10.6 Å². The maximum absolute atomic E-state index is 6.15. The summed E-state index contributed by atoms with van der Waals surface area (Å²) >= 11 is 0. The van der Waals surface area contributed by atoms with E-state index in [1.807, 2.05) is 0 Å². The van der Waals surface area contributed by atoms with Gasteiger partial charge in [-0.15, -0.1) is 0 Å². The Morgan fingerprint density at radius 3 is 3.06 bits per heavy atom. The predicted molar refractivity (Wildman–Crippen MR) is 73.9 cm³/mol. The van der Waals surface area contributed by atoms with Crippen molar-refractivity contribution in [2.24, 2.45) is 5.73 Å². The number of anilines is 1. The summed E-state index contributed by atoms with van der Waals surface area (Å²) in [5, 5.41) is 0. The van der Waals surface area contributed by atoms with Crippen molar-refractivity contribution in [3.8, 4) is 0 Å². The van der Waals surface area contributed by atoms with Crippen molar-refractivity contribution in [3.63, 3.8) is 0 Å². The highest BCUT2D eigenvalue weighted by molar-refractivity contribution is 5.56. The van der Waals surface area contributed by atoms with Gasteiger partial charge in [0, 0.05) is 31.4 Å². The Hall–Kier alpha value is -1.06. The quantitative estimate of drug-likeness (QED) is 0.886. The number of ether oxygens (including phenoxy) is 1. The van der Waals surface area contributed by atoms with Gasteiger partial charge in [-0.1, -0.05) is 18.2 Å². The average Bonchev–Trinajstić information content (AvgIpc) is 2.89. The molecule has 3 rings (SSSR count). The van der Waals surface area contributed by atoms with E-state index in [0.29, 0.717) is 6.10 Å². The van der Waals surface area contributed by atoms with Crippen LogP contribution in [0.5, 0.6) is 0 Å². The van der Waals surface area contributed by atoms with Crippen molar-refractivity contribution < 1.29 is 4.74 Å². The summed E-state index contributed by atoms with van der Waals surface area (Å²) < 4.78 is 5.70. The Kier molecular flexibility index (Phi) is 3.52. The third-order valence-corrected chi connectivity index (χ3v) is 4.01. The summed E-state index contributed by atoms with van der Waals surface area (Å²) in [6.45, 7) is 2.99. The van der Waals surface area contributed by atoms with E-state index in [9.17, 15) is 0 Å². The molecule has 1 saturated heterocycles. The molecule has 18 heavy (non-hydrogen) atoms. The smallest absolute Gasteiger partial charge is 0.0592 e. The molecule has 0 saturated carbocycles. The lowest BCUT2D eigenvalue weighted by Gasteiger charge is -2.35. The van der Waals surface area contributed by atoms with E-state index in [-0.39, 0.29) is 6.04 Å². The van der Waals surface area contributed by atoms with Gasteiger partial charge in [-0.2, -0.15) is 0 Å². The molecule has 1 aromatic carbocycles. The van der Waals surface area contributed by atoms with Crippen LogP contribution in [0.1, 0.15) is 24.8 Å². The van der Waals surface area contributed by atoms with Crippen LogP contribution in [0.4, 0.5) is 5.69 Å². The van der Waals surface area contributed by atoms with Crippen LogP contribution in [-0.2, 0) is 11.2 Å². The van der Waals surface area contributed by atoms with Crippen molar-refractivity contribution >= 4 is 5.69 Å². The van der Waals surface area contributed by atoms with Gasteiger partial charge in [0.1, 0.15) is 0 Å². The molecule has 0 amide bonds. The molecule has 2 unspecified atom stereocenters. The molecule has 2 atom stereocenters. The van der Waals surface area contributed by atoms with Crippen molar-refractivity contribution in [2.45, 2.75) is 37.8 Å². The summed E-state index contributed by atoms with van der Waals surface area (Å²) in [5.74, 6) is 0. The monoisotopic (exact) mass is 246 g/mol. The molecular weight excluding hydrogens is 224 g/mol. The first-order valence-corrected chi connectivity index (χ1v) is 7.03. The Bertz CT molecular complexity index is 401. The van der Waals surface area contributed by atoms with E-state index in [1.54, 1.807) is 0 Å². The lowest BCUT2D eigenvalue weighted by atomic mass is 9.98. The molecule has 1 fully saturated rings. The van der Waals surface area contributed by atoms with Crippen LogP contribution in [0, 0.1) is 0 Å². The third kappa shape index (κ3) is 2.52. The molecule has 2 aliphatic heterocycles. The second kappa shape index (κ2) is 5.29. The molecule has 3 heteroatoms. The lowest BCUT2D eigenvalue weighted by Crippen LogP contribution is -2.44. The minimum Gasteiger partial charge on any atom is -0.378 e. The summed E-state index contributed by atoms with van der Waals surface area (Å²) in [7, 11) is 0. The predicted octanol–water partition coefficient (Wildman–Crippen LogP) is 1.95. The third-order valence-electron chi connectivity index (χ3n) is 4.01. The lowest BCUT2D eigenvalue weighted by molar-refractivity contribution is 0.105. The molecule has 2 aliphatic rings. The Balaban J connectivity index is 1.67. The van der Waals surface area contributed by atoms with Gasteiger partial charge in [0.05, 0.1) is 6.10 Å². The fourth-order valence-corrected chi connectivity index (χ4v) is 3.10. The number of nitrogens with two attached hydrogens (primary N) is 1. The first kappa shape index (κ1) is 12.0. The standard InChI is InChI=1S/C15H22N2O/c16-13-10-12-4-1-2-6-15(12)17(11-13)8-7-14-5-3-9-18-14/h1-2,4,6,13-14H,3,5,7-11,16H2. The van der Waals surface area contributed by atoms with Crippen molar-refractivity contribution in [2.75, 3.05) is 24.6 Å². The van der Waals surface area contributed by atoms with E-state index >= 15 is 0 Å². The van der Waals surface area contributed by atoms with E-state index in [2.05, 4.69) is 29.2 Å². The molecule has 0 aliphatic carbocycles. The summed E-state index contributed by atoms with van der Waals surface area (Å²) in [4.78, 5) is 2.44. The molecule has 1 aromatic rings. The molecule has 0 aromatic heterocycles. The number of nitrogens with zero attached hydrogens (tertiary/aromatic N) is 1. The first-order chi connectivity index (χ1) is 8.83. The fourth-order valence-electron chi connectivity index (χ4n) is 3.10. The van der Waals surface area contributed by atoms with Crippen molar-refractivity contribution in [1.29, 1.82) is 0 Å². The Morgan fingerprint density at radius 2 is 2.22 bits per heavy atom. The highest BCUT2D eigenvalue weighted by Crippen LogP contribution is 2.27. The van der Waals surface area contributed by atoms with Crippen LogP contribution in [0.3, 0.4) is 0 Å². The van der Waals surface area contributed by atoms with Gasteiger partial charge in [0.25, 0.3) is 0 Å². The van der Waals surface area contributed by atoms with Gasteiger partial charge in [-0.05, 0) is 37.3 Å². The number of hydrogen-bond donors (Lipinski definition) is 1. The van der Waals surface area contributed by atoms with Gasteiger partial charge in [-0.25, -0.2) is 0 Å². The highest BCUT2D eigenvalue weighted by Gasteiger charge is 2.23. The SMILES string of the molecule is NC1Cc2ccccc2N(CCC2CCCO2)C1. The minimum absolute atomic E-state index is 0.268. The van der Waals surface area contributed by atoms with Gasteiger partial charge >= 0.3 is 0 Å². The maximum atomic E-state index is 6.15. The molecule has 98 valence electrons. The Morgan fingerprint density at radius 1 is 1.33 bits per heavy atom. The molecule has 0 radical (unpaired) electrons. The van der Waals surface area contributed by atoms with Crippen molar-refractivity contribution in [3.05, 3.63) is 29.8 Å². The van der Waals surface area contributed by atoms with Crippen molar-refractivity contribution in [1.82, 2.24) is 0 Å². The second-order valence-corrected chi connectivity index (χ2v) is 5.46. The fraction of sp³-hybridized carbons (Fsp3) is 0.600. The van der Waals surface area contributed by atoms with Gasteiger partial charge in [-0.3, -0.25) is 0 Å². The van der Waals surface area contributed by atoms with Crippen LogP contribution in [-0.4, -0.2) is 31.8 Å². The number of hydrogen-bond acceptors (Lipinski definition) is 3. The molecule has 2 heterocycles. The van der Waals surface area contributed by atoms with E-state index in [1.165, 1.54) is 24.1 Å². The molecule has 3 nitrogen and oxygen atoms in total. The number of benzene rings is 1. The largest absolute Gasteiger partial charge is 0.378 e. The first-order valence-electron chi connectivity index (χ1n) is 7.03.